The largest absolute Gasteiger partial charge is 0.493 e. The van der Waals surface area contributed by atoms with Crippen LogP contribution in [0.1, 0.15) is 50.5 Å². The third-order valence-corrected chi connectivity index (χ3v) is 6.08. The molecule has 0 spiro atoms. The first-order valence-electron chi connectivity index (χ1n) is 10.4. The van der Waals surface area contributed by atoms with Gasteiger partial charge < -0.3 is 19.7 Å². The van der Waals surface area contributed by atoms with Crippen molar-refractivity contribution in [2.24, 2.45) is 5.92 Å². The highest BCUT2D eigenvalue weighted by molar-refractivity contribution is 5.77. The standard InChI is InChI=1S/C22H34N2O3/c1-26-20-9-7-17(15-21(20)27-2)6-8-19-5-3-4-14-24(19)22(25)16-18-10-12-23-13-11-18/h7,9,15,18-19,23H,3-6,8,10-14,16H2,1-2H3/t19-/m0/s1. The number of piperidine rings is 2. The summed E-state index contributed by atoms with van der Waals surface area (Å²) in [5.41, 5.74) is 1.24. The van der Waals surface area contributed by atoms with Crippen molar-refractivity contribution in [2.45, 2.75) is 57.4 Å². The molecule has 3 rings (SSSR count). The summed E-state index contributed by atoms with van der Waals surface area (Å²) in [4.78, 5) is 15.1. The SMILES string of the molecule is COc1ccc(CC[C@@H]2CCCCN2C(=O)CC2CCNCC2)cc1OC. The number of aryl methyl sites for hydroxylation is 1. The number of benzene rings is 1. The summed E-state index contributed by atoms with van der Waals surface area (Å²) in [5, 5.41) is 3.39. The number of methoxy groups -OCH3 is 2. The molecule has 27 heavy (non-hydrogen) atoms. The Labute approximate surface area is 163 Å². The molecule has 1 amide bonds. The summed E-state index contributed by atoms with van der Waals surface area (Å²) in [5.74, 6) is 2.47. The number of nitrogens with one attached hydrogen (secondary N) is 1. The molecule has 0 bridgehead atoms. The van der Waals surface area contributed by atoms with Crippen LogP contribution in [0.2, 0.25) is 0 Å². The second-order valence-electron chi connectivity index (χ2n) is 7.86. The number of likely N-dealkylation sites (tertiary alicyclic amines) is 1. The Balaban J connectivity index is 1.57. The molecule has 2 heterocycles. The lowest BCUT2D eigenvalue weighted by Crippen LogP contribution is -2.45. The minimum Gasteiger partial charge on any atom is -0.493 e. The third kappa shape index (κ3) is 5.38. The Morgan fingerprint density at radius 2 is 1.89 bits per heavy atom. The molecule has 0 radical (unpaired) electrons. The van der Waals surface area contributed by atoms with Gasteiger partial charge in [0.05, 0.1) is 14.2 Å². The molecule has 1 atom stereocenters. The topological polar surface area (TPSA) is 50.8 Å². The molecular weight excluding hydrogens is 340 g/mol. The Morgan fingerprint density at radius 3 is 2.63 bits per heavy atom. The molecule has 2 fully saturated rings. The van der Waals surface area contributed by atoms with Gasteiger partial charge in [-0.2, -0.15) is 0 Å². The first-order chi connectivity index (χ1) is 13.2. The van der Waals surface area contributed by atoms with E-state index in [0.717, 1.165) is 76.1 Å². The van der Waals surface area contributed by atoms with Gasteiger partial charge >= 0.3 is 0 Å². The Morgan fingerprint density at radius 1 is 1.11 bits per heavy atom. The van der Waals surface area contributed by atoms with E-state index in [0.29, 0.717) is 17.9 Å². The number of ether oxygens (including phenoxy) is 2. The fourth-order valence-corrected chi connectivity index (χ4v) is 4.45. The van der Waals surface area contributed by atoms with Crippen LogP contribution < -0.4 is 14.8 Å². The number of hydrogen-bond acceptors (Lipinski definition) is 4. The first-order valence-corrected chi connectivity index (χ1v) is 10.4. The maximum atomic E-state index is 12.9. The summed E-state index contributed by atoms with van der Waals surface area (Å²) < 4.78 is 10.7. The molecule has 2 saturated heterocycles. The van der Waals surface area contributed by atoms with Crippen LogP contribution in [0.15, 0.2) is 18.2 Å². The van der Waals surface area contributed by atoms with E-state index in [9.17, 15) is 4.79 Å². The van der Waals surface area contributed by atoms with Crippen LogP contribution in [-0.4, -0.2) is 50.7 Å². The number of nitrogens with zero attached hydrogens (tertiary/aromatic N) is 1. The molecule has 0 aromatic heterocycles. The molecule has 2 aliphatic heterocycles. The predicted octanol–water partition coefficient (Wildman–Crippen LogP) is 3.41. The molecule has 1 N–H and O–H groups in total. The van der Waals surface area contributed by atoms with Gasteiger partial charge in [-0.3, -0.25) is 4.79 Å². The molecule has 5 nitrogen and oxygen atoms in total. The maximum absolute atomic E-state index is 12.9. The molecule has 1 aromatic carbocycles. The lowest BCUT2D eigenvalue weighted by atomic mass is 9.91. The number of amides is 1. The van der Waals surface area contributed by atoms with E-state index in [1.165, 1.54) is 12.0 Å². The maximum Gasteiger partial charge on any atom is 0.223 e. The Bertz CT molecular complexity index is 614. The highest BCUT2D eigenvalue weighted by atomic mass is 16.5. The summed E-state index contributed by atoms with van der Waals surface area (Å²) in [6.07, 6.45) is 8.49. The monoisotopic (exact) mass is 374 g/mol. The zero-order chi connectivity index (χ0) is 19.1. The van der Waals surface area contributed by atoms with Crippen LogP contribution >= 0.6 is 0 Å². The van der Waals surface area contributed by atoms with Gasteiger partial charge in [0.25, 0.3) is 0 Å². The van der Waals surface area contributed by atoms with E-state index in [1.54, 1.807) is 14.2 Å². The molecule has 0 saturated carbocycles. The van der Waals surface area contributed by atoms with Crippen LogP contribution in [-0.2, 0) is 11.2 Å². The molecule has 0 unspecified atom stereocenters. The average Bonchev–Trinajstić information content (AvgIpc) is 2.73. The normalized spacial score (nSPS) is 21.1. The highest BCUT2D eigenvalue weighted by Crippen LogP contribution is 2.29. The Kier molecular flexibility index (Phi) is 7.39. The van der Waals surface area contributed by atoms with Crippen molar-refractivity contribution < 1.29 is 14.3 Å². The molecule has 150 valence electrons. The van der Waals surface area contributed by atoms with Crippen LogP contribution in [0.4, 0.5) is 0 Å². The minimum absolute atomic E-state index is 0.374. The molecular formula is C22H34N2O3. The van der Waals surface area contributed by atoms with Gasteiger partial charge in [0.2, 0.25) is 5.91 Å². The number of carbonyl (C=O) groups excluding carboxylic acids is 1. The van der Waals surface area contributed by atoms with E-state index < -0.39 is 0 Å². The van der Waals surface area contributed by atoms with Crippen molar-refractivity contribution >= 4 is 5.91 Å². The third-order valence-electron chi connectivity index (χ3n) is 6.08. The van der Waals surface area contributed by atoms with Crippen molar-refractivity contribution in [1.82, 2.24) is 10.2 Å². The van der Waals surface area contributed by atoms with Crippen LogP contribution in [0, 0.1) is 5.92 Å². The summed E-state index contributed by atoms with van der Waals surface area (Å²) >= 11 is 0. The van der Waals surface area contributed by atoms with E-state index in [4.69, 9.17) is 9.47 Å². The quantitative estimate of drug-likeness (QED) is 0.795. The number of rotatable bonds is 7. The van der Waals surface area contributed by atoms with Gasteiger partial charge in [0.15, 0.2) is 11.5 Å². The second-order valence-corrected chi connectivity index (χ2v) is 7.86. The second kappa shape index (κ2) is 9.98. The van der Waals surface area contributed by atoms with Gasteiger partial charge in [-0.1, -0.05) is 6.07 Å². The smallest absolute Gasteiger partial charge is 0.223 e. The van der Waals surface area contributed by atoms with Crippen molar-refractivity contribution in [3.8, 4) is 11.5 Å². The number of hydrogen-bond donors (Lipinski definition) is 1. The van der Waals surface area contributed by atoms with Crippen LogP contribution in [0.5, 0.6) is 11.5 Å². The van der Waals surface area contributed by atoms with Crippen molar-refractivity contribution in [2.75, 3.05) is 33.9 Å². The summed E-state index contributed by atoms with van der Waals surface area (Å²) in [6, 6.07) is 6.50. The first kappa shape index (κ1) is 20.0. The lowest BCUT2D eigenvalue weighted by molar-refractivity contribution is -0.136. The van der Waals surface area contributed by atoms with E-state index >= 15 is 0 Å². The van der Waals surface area contributed by atoms with Crippen LogP contribution in [0.25, 0.3) is 0 Å². The van der Waals surface area contributed by atoms with Crippen molar-refractivity contribution in [1.29, 1.82) is 0 Å². The van der Waals surface area contributed by atoms with E-state index in [2.05, 4.69) is 22.3 Å². The van der Waals surface area contributed by atoms with Crippen molar-refractivity contribution in [3.63, 3.8) is 0 Å². The van der Waals surface area contributed by atoms with E-state index in [-0.39, 0.29) is 0 Å². The van der Waals surface area contributed by atoms with Crippen molar-refractivity contribution in [3.05, 3.63) is 23.8 Å². The number of carbonyl (C=O) groups is 1. The summed E-state index contributed by atoms with van der Waals surface area (Å²) in [7, 11) is 3.33. The van der Waals surface area contributed by atoms with Gasteiger partial charge in [-0.05, 0) is 81.6 Å². The zero-order valence-electron chi connectivity index (χ0n) is 16.8. The lowest BCUT2D eigenvalue weighted by Gasteiger charge is -2.37. The molecule has 2 aliphatic rings. The van der Waals surface area contributed by atoms with Gasteiger partial charge in [-0.15, -0.1) is 0 Å². The molecule has 1 aromatic rings. The highest BCUT2D eigenvalue weighted by Gasteiger charge is 2.28. The Hall–Kier alpha value is -1.75. The molecule has 0 aliphatic carbocycles. The summed E-state index contributed by atoms with van der Waals surface area (Å²) in [6.45, 7) is 3.04. The molecule has 5 heteroatoms. The van der Waals surface area contributed by atoms with Gasteiger partial charge in [0, 0.05) is 19.0 Å². The van der Waals surface area contributed by atoms with Gasteiger partial charge in [-0.25, -0.2) is 0 Å². The van der Waals surface area contributed by atoms with E-state index in [1.807, 2.05) is 6.07 Å². The average molecular weight is 375 g/mol. The minimum atomic E-state index is 0.374. The fourth-order valence-electron chi connectivity index (χ4n) is 4.45. The van der Waals surface area contributed by atoms with Crippen LogP contribution in [0.3, 0.4) is 0 Å². The predicted molar refractivity (Wildman–Crippen MR) is 107 cm³/mol. The fraction of sp³-hybridized carbons (Fsp3) is 0.682. The zero-order valence-corrected chi connectivity index (χ0v) is 16.8. The van der Waals surface area contributed by atoms with Gasteiger partial charge in [0.1, 0.15) is 0 Å².